The molecular weight excluding hydrogens is 233 g/mol. The van der Waals surface area contributed by atoms with E-state index in [0.717, 1.165) is 0 Å². The zero-order valence-electron chi connectivity index (χ0n) is 8.15. The number of aromatic nitrogens is 1. The molecule has 1 aromatic heterocycles. The van der Waals surface area contributed by atoms with Crippen LogP contribution in [0.5, 0.6) is 0 Å². The number of carbonyl (C=O) groups is 1. The number of ketones is 1. The van der Waals surface area contributed by atoms with E-state index in [2.05, 4.69) is 0 Å². The second-order valence-electron chi connectivity index (χ2n) is 2.94. The van der Waals surface area contributed by atoms with Crippen molar-refractivity contribution in [2.45, 2.75) is 0 Å². The van der Waals surface area contributed by atoms with Crippen molar-refractivity contribution in [1.82, 2.24) is 0 Å². The Bertz CT molecular complexity index is 420. The van der Waals surface area contributed by atoms with E-state index in [-0.39, 0.29) is 10.3 Å². The summed E-state index contributed by atoms with van der Waals surface area (Å²) in [4.78, 5) is 11.6. The minimum absolute atomic E-state index is 0.0861. The molecular formula is C11H10Cl2NO+. The van der Waals surface area contributed by atoms with Crippen LogP contribution in [0.2, 0.25) is 0 Å². The molecule has 0 aliphatic heterocycles. The molecule has 1 aromatic rings. The predicted molar refractivity (Wildman–Crippen MR) is 60.9 cm³/mol. The van der Waals surface area contributed by atoms with Crippen LogP contribution in [0, 0.1) is 0 Å². The summed E-state index contributed by atoms with van der Waals surface area (Å²) in [7, 11) is 1.86. The Balaban J connectivity index is 2.78. The van der Waals surface area contributed by atoms with Crippen LogP contribution in [0.4, 0.5) is 0 Å². The number of aryl methyl sites for hydroxylation is 1. The highest BCUT2D eigenvalue weighted by atomic mass is 35.5. The van der Waals surface area contributed by atoms with Gasteiger partial charge >= 0.3 is 0 Å². The van der Waals surface area contributed by atoms with Crippen LogP contribution in [-0.2, 0) is 7.05 Å². The first-order valence-corrected chi connectivity index (χ1v) is 5.04. The van der Waals surface area contributed by atoms with Crippen molar-refractivity contribution in [3.05, 3.63) is 52.8 Å². The molecule has 0 aromatic carbocycles. The first-order chi connectivity index (χ1) is 7.09. The fourth-order valence-electron chi connectivity index (χ4n) is 1.04. The summed E-state index contributed by atoms with van der Waals surface area (Å²) in [5.74, 6) is -0.0861. The first kappa shape index (κ1) is 12.0. The predicted octanol–water partition coefficient (Wildman–Crippen LogP) is 2.57. The normalized spacial score (nSPS) is 10.3. The molecule has 15 heavy (non-hydrogen) atoms. The van der Waals surface area contributed by atoms with Gasteiger partial charge in [-0.3, -0.25) is 4.79 Å². The van der Waals surface area contributed by atoms with Crippen LogP contribution < -0.4 is 4.57 Å². The van der Waals surface area contributed by atoms with E-state index in [9.17, 15) is 4.79 Å². The van der Waals surface area contributed by atoms with E-state index in [1.165, 1.54) is 18.2 Å². The molecule has 4 heteroatoms. The number of allylic oxidation sites excluding steroid dienone is 3. The zero-order valence-corrected chi connectivity index (χ0v) is 9.66. The Morgan fingerprint density at radius 3 is 2.80 bits per heavy atom. The SMILES string of the molecule is C[n+]1cccc(C(=O)C=CC=C(Cl)Cl)c1. The third-order valence-corrected chi connectivity index (χ3v) is 1.95. The average molecular weight is 243 g/mol. The Hall–Kier alpha value is -1.12. The second kappa shape index (κ2) is 5.69. The van der Waals surface area contributed by atoms with Crippen molar-refractivity contribution in [3.63, 3.8) is 0 Å². The highest BCUT2D eigenvalue weighted by Gasteiger charge is 2.04. The van der Waals surface area contributed by atoms with Gasteiger partial charge in [0.1, 0.15) is 11.5 Å². The summed E-state index contributed by atoms with van der Waals surface area (Å²) in [6, 6.07) is 3.56. The topological polar surface area (TPSA) is 20.9 Å². The maximum absolute atomic E-state index is 11.6. The number of hydrogen-bond donors (Lipinski definition) is 0. The zero-order chi connectivity index (χ0) is 11.3. The van der Waals surface area contributed by atoms with Gasteiger partial charge in [-0.1, -0.05) is 29.3 Å². The van der Waals surface area contributed by atoms with Gasteiger partial charge in [0, 0.05) is 6.07 Å². The lowest BCUT2D eigenvalue weighted by molar-refractivity contribution is -0.671. The van der Waals surface area contributed by atoms with Crippen LogP contribution in [0.25, 0.3) is 0 Å². The van der Waals surface area contributed by atoms with E-state index in [4.69, 9.17) is 23.2 Å². The van der Waals surface area contributed by atoms with E-state index in [0.29, 0.717) is 5.56 Å². The number of hydrogen-bond acceptors (Lipinski definition) is 1. The van der Waals surface area contributed by atoms with Gasteiger partial charge < -0.3 is 0 Å². The monoisotopic (exact) mass is 242 g/mol. The van der Waals surface area contributed by atoms with E-state index in [1.54, 1.807) is 12.3 Å². The molecule has 0 N–H and O–H groups in total. The summed E-state index contributed by atoms with van der Waals surface area (Å²) in [5.41, 5.74) is 0.621. The molecule has 0 aliphatic carbocycles. The van der Waals surface area contributed by atoms with Gasteiger partial charge in [0.15, 0.2) is 18.2 Å². The van der Waals surface area contributed by atoms with Crippen molar-refractivity contribution in [3.8, 4) is 0 Å². The Morgan fingerprint density at radius 2 is 2.20 bits per heavy atom. The van der Waals surface area contributed by atoms with Crippen molar-refractivity contribution < 1.29 is 9.36 Å². The highest BCUT2D eigenvalue weighted by molar-refractivity contribution is 6.56. The fourth-order valence-corrected chi connectivity index (χ4v) is 1.18. The van der Waals surface area contributed by atoms with Crippen LogP contribution in [0.3, 0.4) is 0 Å². The number of rotatable bonds is 3. The molecule has 0 amide bonds. The maximum atomic E-state index is 11.6. The van der Waals surface area contributed by atoms with Gasteiger partial charge in [0.25, 0.3) is 0 Å². The number of carbonyl (C=O) groups excluding carboxylic acids is 1. The van der Waals surface area contributed by atoms with Crippen LogP contribution in [-0.4, -0.2) is 5.78 Å². The van der Waals surface area contributed by atoms with Crippen LogP contribution >= 0.6 is 23.2 Å². The minimum atomic E-state index is -0.0861. The Kier molecular flexibility index (Phi) is 4.53. The fraction of sp³-hybridized carbons (Fsp3) is 0.0909. The lowest BCUT2D eigenvalue weighted by Gasteiger charge is -1.92. The van der Waals surface area contributed by atoms with Crippen LogP contribution in [0.15, 0.2) is 47.2 Å². The molecule has 0 fully saturated rings. The molecule has 0 spiro atoms. The summed E-state index contributed by atoms with van der Waals surface area (Å²) >= 11 is 10.8. The number of pyridine rings is 1. The molecule has 1 heterocycles. The van der Waals surface area contributed by atoms with Gasteiger partial charge in [-0.2, -0.15) is 0 Å². The van der Waals surface area contributed by atoms with Crippen molar-refractivity contribution in [2.75, 3.05) is 0 Å². The quantitative estimate of drug-likeness (QED) is 0.346. The third kappa shape index (κ3) is 4.28. The van der Waals surface area contributed by atoms with Gasteiger partial charge in [0.2, 0.25) is 0 Å². The van der Waals surface area contributed by atoms with Crippen molar-refractivity contribution in [1.29, 1.82) is 0 Å². The summed E-state index contributed by atoms with van der Waals surface area (Å²) < 4.78 is 1.93. The molecule has 0 atom stereocenters. The number of nitrogens with zero attached hydrogens (tertiary/aromatic N) is 1. The molecule has 0 aliphatic rings. The second-order valence-corrected chi connectivity index (χ2v) is 3.95. The molecule has 2 nitrogen and oxygen atoms in total. The molecule has 0 saturated heterocycles. The number of halogens is 2. The van der Waals surface area contributed by atoms with Gasteiger partial charge in [-0.15, -0.1) is 0 Å². The maximum Gasteiger partial charge on any atom is 0.191 e. The van der Waals surface area contributed by atoms with E-state index in [1.807, 2.05) is 23.9 Å². The standard InChI is InChI=1S/C11H10Cl2NO/c1-14-7-3-4-9(8-14)10(15)5-2-6-11(12)13/h2-8H,1H3/q+1. The van der Waals surface area contributed by atoms with E-state index < -0.39 is 0 Å². The lowest BCUT2D eigenvalue weighted by atomic mass is 10.2. The van der Waals surface area contributed by atoms with Crippen LogP contribution in [0.1, 0.15) is 10.4 Å². The molecule has 0 radical (unpaired) electrons. The average Bonchev–Trinajstić information content (AvgIpc) is 2.17. The highest BCUT2D eigenvalue weighted by Crippen LogP contribution is 2.06. The largest absolute Gasteiger partial charge is 0.289 e. The molecule has 78 valence electrons. The smallest absolute Gasteiger partial charge is 0.191 e. The molecule has 0 bridgehead atoms. The summed E-state index contributed by atoms with van der Waals surface area (Å²) in [5, 5.41) is 0. The van der Waals surface area contributed by atoms with Gasteiger partial charge in [0.05, 0.1) is 5.56 Å². The molecule has 0 saturated carbocycles. The Labute approximate surface area is 98.4 Å². The molecule has 1 rings (SSSR count). The molecule has 0 unspecified atom stereocenters. The summed E-state index contributed by atoms with van der Waals surface area (Å²) in [6.45, 7) is 0. The minimum Gasteiger partial charge on any atom is -0.289 e. The Morgan fingerprint density at radius 1 is 1.47 bits per heavy atom. The van der Waals surface area contributed by atoms with Gasteiger partial charge in [-0.25, -0.2) is 4.57 Å². The summed E-state index contributed by atoms with van der Waals surface area (Å²) in [6.07, 6.45) is 7.99. The lowest BCUT2D eigenvalue weighted by Crippen LogP contribution is -2.27. The van der Waals surface area contributed by atoms with Crippen molar-refractivity contribution >= 4 is 29.0 Å². The van der Waals surface area contributed by atoms with Gasteiger partial charge in [-0.05, 0) is 18.2 Å². The first-order valence-electron chi connectivity index (χ1n) is 4.28. The van der Waals surface area contributed by atoms with E-state index >= 15 is 0 Å². The van der Waals surface area contributed by atoms with Crippen molar-refractivity contribution in [2.24, 2.45) is 7.05 Å². The third-order valence-electron chi connectivity index (χ3n) is 1.69.